The molecule has 102 valence electrons. The lowest BCUT2D eigenvalue weighted by molar-refractivity contribution is 0.0696. The first kappa shape index (κ1) is 12.9. The summed E-state index contributed by atoms with van der Waals surface area (Å²) in [5.74, 6) is -1.21. The van der Waals surface area contributed by atoms with E-state index in [1.807, 2.05) is 0 Å². The molecule has 1 aromatic carbocycles. The lowest BCUT2D eigenvalue weighted by Gasteiger charge is -2.17. The Morgan fingerprint density at radius 2 is 2.10 bits per heavy atom. The van der Waals surface area contributed by atoms with E-state index in [-0.39, 0.29) is 11.5 Å². The maximum Gasteiger partial charge on any atom is 0.335 e. The minimum atomic E-state index is -1.00. The minimum absolute atomic E-state index is 0.176. The molecule has 20 heavy (non-hydrogen) atoms. The topological polar surface area (TPSA) is 70.8 Å². The van der Waals surface area contributed by atoms with Gasteiger partial charge in [-0.2, -0.15) is 0 Å². The first-order valence-corrected chi connectivity index (χ1v) is 6.78. The van der Waals surface area contributed by atoms with Crippen molar-refractivity contribution in [2.75, 3.05) is 11.4 Å². The molecule has 0 spiro atoms. The highest BCUT2D eigenvalue weighted by molar-refractivity contribution is 9.10. The van der Waals surface area contributed by atoms with Gasteiger partial charge in [0.05, 0.1) is 17.4 Å². The van der Waals surface area contributed by atoms with E-state index < -0.39 is 5.97 Å². The fourth-order valence-corrected chi connectivity index (χ4v) is 2.72. The third-order valence-corrected chi connectivity index (χ3v) is 3.94. The number of aromatic carboxylic acids is 1. The van der Waals surface area contributed by atoms with Crippen LogP contribution in [0.3, 0.4) is 0 Å². The predicted octanol–water partition coefficient (Wildman–Crippen LogP) is 2.94. The summed E-state index contributed by atoms with van der Waals surface area (Å²) in [6, 6.07) is 6.45. The van der Waals surface area contributed by atoms with E-state index in [4.69, 9.17) is 9.52 Å². The molecule has 0 unspecified atom stereocenters. The highest BCUT2D eigenvalue weighted by atomic mass is 79.9. The molecule has 2 heterocycles. The summed E-state index contributed by atoms with van der Waals surface area (Å²) < 4.78 is 5.45. The van der Waals surface area contributed by atoms with Crippen molar-refractivity contribution >= 4 is 33.5 Å². The summed E-state index contributed by atoms with van der Waals surface area (Å²) in [4.78, 5) is 25.1. The summed E-state index contributed by atoms with van der Waals surface area (Å²) >= 11 is 3.18. The van der Waals surface area contributed by atoms with E-state index >= 15 is 0 Å². The van der Waals surface area contributed by atoms with Gasteiger partial charge in [0.2, 0.25) is 0 Å². The maximum atomic E-state index is 12.5. The molecule has 0 saturated heterocycles. The Kier molecular flexibility index (Phi) is 3.10. The minimum Gasteiger partial charge on any atom is -0.478 e. The van der Waals surface area contributed by atoms with Crippen LogP contribution in [0.4, 0.5) is 5.69 Å². The lowest BCUT2D eigenvalue weighted by Crippen LogP contribution is -2.28. The number of furan rings is 1. The van der Waals surface area contributed by atoms with Crippen LogP contribution < -0.4 is 4.90 Å². The molecule has 0 saturated carbocycles. The van der Waals surface area contributed by atoms with Crippen molar-refractivity contribution in [2.45, 2.75) is 6.42 Å². The molecule has 0 radical (unpaired) electrons. The largest absolute Gasteiger partial charge is 0.478 e. The Labute approximate surface area is 122 Å². The number of hydrogen-bond acceptors (Lipinski definition) is 3. The van der Waals surface area contributed by atoms with Crippen molar-refractivity contribution in [3.05, 3.63) is 51.9 Å². The zero-order valence-electron chi connectivity index (χ0n) is 10.3. The van der Waals surface area contributed by atoms with Crippen LogP contribution in [-0.4, -0.2) is 23.5 Å². The van der Waals surface area contributed by atoms with Crippen molar-refractivity contribution in [1.82, 2.24) is 0 Å². The summed E-state index contributed by atoms with van der Waals surface area (Å²) in [6.07, 6.45) is 2.15. The Hall–Kier alpha value is -2.08. The van der Waals surface area contributed by atoms with E-state index in [9.17, 15) is 9.59 Å². The molecule has 0 fully saturated rings. The molecule has 1 aromatic heterocycles. The van der Waals surface area contributed by atoms with Gasteiger partial charge in [-0.1, -0.05) is 6.07 Å². The molecular formula is C14H10BrNO4. The SMILES string of the molecule is O=C(O)c1ccc2c(c1)N(C(=O)c1ccoc1Br)CC2. The Bertz CT molecular complexity index is 707. The molecule has 0 atom stereocenters. The van der Waals surface area contributed by atoms with Gasteiger partial charge in [0.1, 0.15) is 0 Å². The van der Waals surface area contributed by atoms with Gasteiger partial charge in [-0.3, -0.25) is 4.79 Å². The Morgan fingerprint density at radius 3 is 2.75 bits per heavy atom. The zero-order valence-corrected chi connectivity index (χ0v) is 11.9. The van der Waals surface area contributed by atoms with Crippen LogP contribution in [0.25, 0.3) is 0 Å². The fraction of sp³-hybridized carbons (Fsp3) is 0.143. The summed E-state index contributed by atoms with van der Waals surface area (Å²) in [7, 11) is 0. The van der Waals surface area contributed by atoms with Gasteiger partial charge in [-0.15, -0.1) is 0 Å². The second-order valence-corrected chi connectivity index (χ2v) is 5.18. The summed E-state index contributed by atoms with van der Waals surface area (Å²) in [5, 5.41) is 9.04. The second kappa shape index (κ2) is 4.79. The molecule has 0 aliphatic carbocycles. The van der Waals surface area contributed by atoms with E-state index in [1.54, 1.807) is 23.1 Å². The van der Waals surface area contributed by atoms with E-state index in [1.165, 1.54) is 12.3 Å². The number of benzene rings is 1. The monoisotopic (exact) mass is 335 g/mol. The number of hydrogen-bond donors (Lipinski definition) is 1. The van der Waals surface area contributed by atoms with Gasteiger partial charge >= 0.3 is 5.97 Å². The number of fused-ring (bicyclic) bond motifs is 1. The molecule has 1 aliphatic rings. The standard InChI is InChI=1S/C14H10BrNO4/c15-12-10(4-6-20-12)13(17)16-5-3-8-1-2-9(14(18)19)7-11(8)16/h1-2,4,6-7H,3,5H2,(H,18,19). The third kappa shape index (κ3) is 2.02. The quantitative estimate of drug-likeness (QED) is 0.915. The van der Waals surface area contributed by atoms with Crippen LogP contribution in [0.5, 0.6) is 0 Å². The first-order valence-electron chi connectivity index (χ1n) is 5.99. The van der Waals surface area contributed by atoms with Crippen LogP contribution in [0.2, 0.25) is 0 Å². The third-order valence-electron chi connectivity index (χ3n) is 3.32. The predicted molar refractivity (Wildman–Crippen MR) is 75.2 cm³/mol. The van der Waals surface area contributed by atoms with Gasteiger partial charge in [0.25, 0.3) is 5.91 Å². The average molecular weight is 336 g/mol. The molecule has 0 bridgehead atoms. The number of nitrogens with zero attached hydrogens (tertiary/aromatic N) is 1. The smallest absolute Gasteiger partial charge is 0.335 e. The van der Waals surface area contributed by atoms with Crippen molar-refractivity contribution in [3.8, 4) is 0 Å². The number of carbonyl (C=O) groups is 2. The molecular weight excluding hydrogens is 326 g/mol. The number of carboxylic acid groups (broad SMARTS) is 1. The molecule has 2 aromatic rings. The van der Waals surface area contributed by atoms with Crippen LogP contribution in [0, 0.1) is 0 Å². The van der Waals surface area contributed by atoms with Gasteiger partial charge < -0.3 is 14.4 Å². The molecule has 1 aliphatic heterocycles. The summed E-state index contributed by atoms with van der Waals surface area (Å²) in [5.41, 5.74) is 2.24. The summed E-state index contributed by atoms with van der Waals surface area (Å²) in [6.45, 7) is 0.537. The van der Waals surface area contributed by atoms with E-state index in [0.29, 0.717) is 22.5 Å². The molecule has 5 nitrogen and oxygen atoms in total. The number of carbonyl (C=O) groups excluding carboxylic acids is 1. The number of carboxylic acids is 1. The Balaban J connectivity index is 2.00. The molecule has 1 N–H and O–H groups in total. The molecule has 1 amide bonds. The lowest BCUT2D eigenvalue weighted by atomic mass is 10.1. The van der Waals surface area contributed by atoms with E-state index in [0.717, 1.165) is 12.0 Å². The average Bonchev–Trinajstić information content (AvgIpc) is 3.03. The van der Waals surface area contributed by atoms with Crippen LogP contribution in [0.15, 0.2) is 39.6 Å². The van der Waals surface area contributed by atoms with Crippen LogP contribution in [-0.2, 0) is 6.42 Å². The van der Waals surface area contributed by atoms with Gasteiger partial charge in [-0.05, 0) is 46.1 Å². The Morgan fingerprint density at radius 1 is 1.30 bits per heavy atom. The number of anilines is 1. The maximum absolute atomic E-state index is 12.5. The fourth-order valence-electron chi connectivity index (χ4n) is 2.31. The second-order valence-electron chi connectivity index (χ2n) is 4.46. The van der Waals surface area contributed by atoms with Gasteiger partial charge in [0.15, 0.2) is 4.67 Å². The number of amides is 1. The highest BCUT2D eigenvalue weighted by Crippen LogP contribution is 2.31. The van der Waals surface area contributed by atoms with Crippen molar-refractivity contribution in [1.29, 1.82) is 0 Å². The van der Waals surface area contributed by atoms with Crippen molar-refractivity contribution in [2.24, 2.45) is 0 Å². The normalized spacial score (nSPS) is 13.3. The van der Waals surface area contributed by atoms with E-state index in [2.05, 4.69) is 15.9 Å². The van der Waals surface area contributed by atoms with Gasteiger partial charge in [0, 0.05) is 12.2 Å². The van der Waals surface area contributed by atoms with Crippen molar-refractivity contribution < 1.29 is 19.1 Å². The van der Waals surface area contributed by atoms with Crippen molar-refractivity contribution in [3.63, 3.8) is 0 Å². The van der Waals surface area contributed by atoms with Gasteiger partial charge in [-0.25, -0.2) is 4.79 Å². The molecule has 3 rings (SSSR count). The van der Waals surface area contributed by atoms with Crippen LogP contribution in [0.1, 0.15) is 26.3 Å². The first-order chi connectivity index (χ1) is 9.58. The number of halogens is 1. The molecule has 6 heteroatoms. The van der Waals surface area contributed by atoms with Crippen LogP contribution >= 0.6 is 15.9 Å². The number of rotatable bonds is 2. The zero-order chi connectivity index (χ0) is 14.3. The highest BCUT2D eigenvalue weighted by Gasteiger charge is 2.28.